The monoisotopic (exact) mass is 429 g/mol. The lowest BCUT2D eigenvalue weighted by Crippen LogP contribution is -2.48. The van der Waals surface area contributed by atoms with Gasteiger partial charge in [-0.1, -0.05) is 30.3 Å². The lowest BCUT2D eigenvalue weighted by Gasteiger charge is -2.35. The maximum absolute atomic E-state index is 13.5. The molecule has 0 spiro atoms. The maximum Gasteiger partial charge on any atom is 0.254 e. The highest BCUT2D eigenvalue weighted by Gasteiger charge is 2.24. The Morgan fingerprint density at radius 1 is 1.00 bits per heavy atom. The van der Waals surface area contributed by atoms with Crippen LogP contribution in [0.4, 0.5) is 4.39 Å². The molecule has 1 aliphatic heterocycles. The van der Waals surface area contributed by atoms with E-state index in [1.54, 1.807) is 0 Å². The summed E-state index contributed by atoms with van der Waals surface area (Å²) < 4.78 is 18.9. The lowest BCUT2D eigenvalue weighted by molar-refractivity contribution is 0.0630. The average molecular weight is 429 g/mol. The molecule has 3 heterocycles. The summed E-state index contributed by atoms with van der Waals surface area (Å²) in [6.45, 7) is 5.48. The summed E-state index contributed by atoms with van der Waals surface area (Å²) in [5, 5.41) is 0.846. The van der Waals surface area contributed by atoms with Crippen molar-refractivity contribution >= 4 is 16.8 Å². The van der Waals surface area contributed by atoms with Crippen LogP contribution in [0.3, 0.4) is 0 Å². The summed E-state index contributed by atoms with van der Waals surface area (Å²) in [5.74, 6) is 1.25. The molecule has 2 aromatic heterocycles. The third kappa shape index (κ3) is 4.14. The van der Waals surface area contributed by atoms with Gasteiger partial charge in [-0.25, -0.2) is 9.37 Å². The van der Waals surface area contributed by atoms with Crippen LogP contribution in [0, 0.1) is 12.7 Å². The Labute approximate surface area is 186 Å². The fourth-order valence-corrected chi connectivity index (χ4v) is 4.18. The zero-order valence-electron chi connectivity index (χ0n) is 17.9. The van der Waals surface area contributed by atoms with Crippen LogP contribution in [0.5, 0.6) is 0 Å². The highest BCUT2D eigenvalue weighted by Crippen LogP contribution is 2.27. The Morgan fingerprint density at radius 3 is 2.47 bits per heavy atom. The lowest BCUT2D eigenvalue weighted by atomic mass is 10.0. The zero-order valence-corrected chi connectivity index (χ0v) is 17.9. The minimum absolute atomic E-state index is 0.00885. The van der Waals surface area contributed by atoms with Crippen LogP contribution in [-0.2, 0) is 6.54 Å². The first kappa shape index (κ1) is 20.4. The molecule has 0 N–H and O–H groups in total. The van der Waals surface area contributed by atoms with Gasteiger partial charge in [0.2, 0.25) is 0 Å². The van der Waals surface area contributed by atoms with Crippen molar-refractivity contribution in [2.45, 2.75) is 13.5 Å². The minimum atomic E-state index is -0.224. The van der Waals surface area contributed by atoms with Crippen molar-refractivity contribution in [3.63, 3.8) is 0 Å². The number of nitrogens with zero attached hydrogens (tertiary/aromatic N) is 3. The van der Waals surface area contributed by atoms with Crippen LogP contribution in [-0.4, -0.2) is 46.9 Å². The number of carbonyl (C=O) groups excluding carboxylic acids is 1. The molecule has 1 fully saturated rings. The van der Waals surface area contributed by atoms with Gasteiger partial charge in [0.15, 0.2) is 5.76 Å². The number of aromatic nitrogens is 1. The van der Waals surface area contributed by atoms with E-state index in [0.717, 1.165) is 41.9 Å². The van der Waals surface area contributed by atoms with Crippen LogP contribution in [0.15, 0.2) is 71.1 Å². The molecular weight excluding hydrogens is 405 g/mol. The van der Waals surface area contributed by atoms with Crippen LogP contribution in [0.1, 0.15) is 21.7 Å². The van der Waals surface area contributed by atoms with E-state index in [1.165, 1.54) is 12.1 Å². The number of halogens is 1. The molecule has 1 aliphatic rings. The van der Waals surface area contributed by atoms with Gasteiger partial charge in [0, 0.05) is 38.1 Å². The number of fused-ring (bicyclic) bond motifs is 1. The normalized spacial score (nSPS) is 14.8. The van der Waals surface area contributed by atoms with E-state index in [9.17, 15) is 9.18 Å². The first-order valence-corrected chi connectivity index (χ1v) is 10.8. The van der Waals surface area contributed by atoms with E-state index < -0.39 is 0 Å². The van der Waals surface area contributed by atoms with E-state index in [-0.39, 0.29) is 11.7 Å². The molecule has 0 aliphatic carbocycles. The fraction of sp³-hybridized carbons (Fsp3) is 0.231. The number of hydrogen-bond donors (Lipinski definition) is 0. The number of piperazine rings is 1. The van der Waals surface area contributed by atoms with Gasteiger partial charge in [0.05, 0.1) is 11.1 Å². The number of para-hydroxylation sites is 1. The standard InChI is InChI=1S/C26H24FN3O2/c1-18-6-11-25(32-18)24-16-22(21-4-2-3-5-23(21)28-24)26(31)30-14-12-29(13-15-30)17-19-7-9-20(27)10-8-19/h2-11,16H,12-15,17H2,1H3. The van der Waals surface area contributed by atoms with Gasteiger partial charge in [0.25, 0.3) is 5.91 Å². The molecule has 0 radical (unpaired) electrons. The predicted molar refractivity (Wildman–Crippen MR) is 122 cm³/mol. The molecule has 0 saturated carbocycles. The minimum Gasteiger partial charge on any atom is -0.460 e. The summed E-state index contributed by atoms with van der Waals surface area (Å²) in [4.78, 5) is 22.4. The molecule has 5 rings (SSSR count). The number of aryl methyl sites for hydroxylation is 1. The Kier molecular flexibility index (Phi) is 5.45. The molecule has 162 valence electrons. The SMILES string of the molecule is Cc1ccc(-c2cc(C(=O)N3CCN(Cc4ccc(F)cc4)CC3)c3ccccc3n2)o1. The molecule has 0 bridgehead atoms. The highest BCUT2D eigenvalue weighted by atomic mass is 19.1. The second-order valence-electron chi connectivity index (χ2n) is 8.18. The molecule has 5 nitrogen and oxygen atoms in total. The summed E-state index contributed by atoms with van der Waals surface area (Å²) in [7, 11) is 0. The van der Waals surface area contributed by atoms with Crippen molar-refractivity contribution in [2.75, 3.05) is 26.2 Å². The first-order chi connectivity index (χ1) is 15.6. The van der Waals surface area contributed by atoms with Gasteiger partial charge in [-0.2, -0.15) is 0 Å². The number of hydrogen-bond acceptors (Lipinski definition) is 4. The van der Waals surface area contributed by atoms with Crippen molar-refractivity contribution in [1.82, 2.24) is 14.8 Å². The Bertz CT molecular complexity index is 1260. The van der Waals surface area contributed by atoms with Gasteiger partial charge in [-0.05, 0) is 48.9 Å². The number of carbonyl (C=O) groups is 1. The van der Waals surface area contributed by atoms with E-state index in [2.05, 4.69) is 4.90 Å². The Morgan fingerprint density at radius 2 is 1.75 bits per heavy atom. The molecular formula is C26H24FN3O2. The molecule has 32 heavy (non-hydrogen) atoms. The van der Waals surface area contributed by atoms with Crippen molar-refractivity contribution in [3.8, 4) is 11.5 Å². The van der Waals surface area contributed by atoms with Crippen LogP contribution in [0.25, 0.3) is 22.4 Å². The molecule has 2 aromatic carbocycles. The molecule has 0 atom stereocenters. The summed E-state index contributed by atoms with van der Waals surface area (Å²) >= 11 is 0. The average Bonchev–Trinajstić information content (AvgIpc) is 3.26. The molecule has 6 heteroatoms. The summed E-state index contributed by atoms with van der Waals surface area (Å²) in [6, 6.07) is 19.9. The summed E-state index contributed by atoms with van der Waals surface area (Å²) in [6.07, 6.45) is 0. The molecule has 0 unspecified atom stereocenters. The number of pyridine rings is 1. The molecule has 4 aromatic rings. The van der Waals surface area contributed by atoms with Crippen LogP contribution >= 0.6 is 0 Å². The smallest absolute Gasteiger partial charge is 0.254 e. The maximum atomic E-state index is 13.5. The molecule has 1 amide bonds. The fourth-order valence-electron chi connectivity index (χ4n) is 4.18. The van der Waals surface area contributed by atoms with Crippen LogP contribution < -0.4 is 0 Å². The zero-order chi connectivity index (χ0) is 22.1. The van der Waals surface area contributed by atoms with Crippen molar-refractivity contribution < 1.29 is 13.6 Å². The highest BCUT2D eigenvalue weighted by molar-refractivity contribution is 6.07. The van der Waals surface area contributed by atoms with Crippen molar-refractivity contribution in [3.05, 3.63) is 89.4 Å². The quantitative estimate of drug-likeness (QED) is 0.463. The Hall–Kier alpha value is -3.51. The van der Waals surface area contributed by atoms with Gasteiger partial charge < -0.3 is 9.32 Å². The van der Waals surface area contributed by atoms with Crippen LogP contribution in [0.2, 0.25) is 0 Å². The Balaban J connectivity index is 1.36. The van der Waals surface area contributed by atoms with Gasteiger partial charge in [-0.15, -0.1) is 0 Å². The largest absolute Gasteiger partial charge is 0.460 e. The number of amides is 1. The van der Waals surface area contributed by atoms with E-state index >= 15 is 0 Å². The summed E-state index contributed by atoms with van der Waals surface area (Å²) in [5.41, 5.74) is 3.16. The third-order valence-corrected chi connectivity index (χ3v) is 5.92. The van der Waals surface area contributed by atoms with Gasteiger partial charge in [-0.3, -0.25) is 9.69 Å². The van der Waals surface area contributed by atoms with E-state index in [0.29, 0.717) is 30.1 Å². The van der Waals surface area contributed by atoms with E-state index in [1.807, 2.05) is 66.4 Å². The first-order valence-electron chi connectivity index (χ1n) is 10.8. The molecule has 1 saturated heterocycles. The number of rotatable bonds is 4. The second-order valence-corrected chi connectivity index (χ2v) is 8.18. The topological polar surface area (TPSA) is 49.6 Å². The predicted octanol–water partition coefficient (Wildman–Crippen LogP) is 4.90. The third-order valence-electron chi connectivity index (χ3n) is 5.92. The number of furan rings is 1. The second kappa shape index (κ2) is 8.55. The van der Waals surface area contributed by atoms with Crippen molar-refractivity contribution in [2.24, 2.45) is 0 Å². The van der Waals surface area contributed by atoms with Gasteiger partial charge in [0.1, 0.15) is 17.3 Å². The number of benzene rings is 2. The van der Waals surface area contributed by atoms with E-state index in [4.69, 9.17) is 9.40 Å². The van der Waals surface area contributed by atoms with Gasteiger partial charge >= 0.3 is 0 Å². The van der Waals surface area contributed by atoms with Crippen molar-refractivity contribution in [1.29, 1.82) is 0 Å².